The van der Waals surface area contributed by atoms with Crippen LogP contribution >= 0.6 is 11.3 Å². The molecular formula is C17H19N7OS. The van der Waals surface area contributed by atoms with Gasteiger partial charge in [-0.05, 0) is 39.8 Å². The maximum atomic E-state index is 12.7. The lowest BCUT2D eigenvalue weighted by atomic mass is 10.1. The summed E-state index contributed by atoms with van der Waals surface area (Å²) in [6.07, 6.45) is 6.03. The van der Waals surface area contributed by atoms with Gasteiger partial charge in [0.05, 0.1) is 12.2 Å². The number of fused-ring (bicyclic) bond motifs is 2. The van der Waals surface area contributed by atoms with Gasteiger partial charge in [0.1, 0.15) is 11.2 Å². The van der Waals surface area contributed by atoms with Crippen molar-refractivity contribution in [3.8, 4) is 10.7 Å². The number of piperidine rings is 1. The summed E-state index contributed by atoms with van der Waals surface area (Å²) >= 11 is 1.43. The fraction of sp³-hybridized carbons (Fsp3) is 0.412. The molecule has 5 heterocycles. The Bertz CT molecular complexity index is 1140. The van der Waals surface area contributed by atoms with Gasteiger partial charge in [-0.15, -0.1) is 0 Å². The first kappa shape index (κ1) is 15.7. The zero-order valence-corrected chi connectivity index (χ0v) is 15.4. The second-order valence-corrected chi connectivity index (χ2v) is 7.81. The van der Waals surface area contributed by atoms with E-state index in [1.165, 1.54) is 11.3 Å². The number of thiazole rings is 1. The first-order chi connectivity index (χ1) is 12.6. The highest BCUT2D eigenvalue weighted by Gasteiger charge is 2.20. The molecule has 1 aliphatic rings. The second-order valence-electron chi connectivity index (χ2n) is 6.83. The van der Waals surface area contributed by atoms with Crippen molar-refractivity contribution >= 4 is 27.3 Å². The predicted octanol–water partition coefficient (Wildman–Crippen LogP) is 2.04. The van der Waals surface area contributed by atoms with Crippen LogP contribution < -0.4 is 10.7 Å². The van der Waals surface area contributed by atoms with Crippen LogP contribution in [0.3, 0.4) is 0 Å². The van der Waals surface area contributed by atoms with Crippen LogP contribution in [0.5, 0.6) is 0 Å². The maximum Gasteiger partial charge on any atom is 0.215 e. The number of aryl methyl sites for hydroxylation is 2. The molecule has 2 N–H and O–H groups in total. The number of aromatic amines is 1. The highest BCUT2D eigenvalue weighted by atomic mass is 32.1. The smallest absolute Gasteiger partial charge is 0.215 e. The van der Waals surface area contributed by atoms with Gasteiger partial charge in [-0.2, -0.15) is 10.2 Å². The topological polar surface area (TPSA) is 92.9 Å². The number of imidazole rings is 1. The molecule has 134 valence electrons. The molecule has 1 saturated heterocycles. The highest BCUT2D eigenvalue weighted by Crippen LogP contribution is 2.29. The van der Waals surface area contributed by atoms with Crippen molar-refractivity contribution in [3.05, 3.63) is 33.9 Å². The zero-order chi connectivity index (χ0) is 17.8. The van der Waals surface area contributed by atoms with Crippen molar-refractivity contribution in [2.75, 3.05) is 13.1 Å². The normalized spacial score (nSPS) is 16.1. The Morgan fingerprint density at radius 2 is 2.00 bits per heavy atom. The summed E-state index contributed by atoms with van der Waals surface area (Å²) < 4.78 is 3.75. The molecule has 0 amide bonds. The summed E-state index contributed by atoms with van der Waals surface area (Å²) in [6.45, 7) is 5.80. The lowest BCUT2D eigenvalue weighted by Gasteiger charge is -2.22. The van der Waals surface area contributed by atoms with E-state index in [9.17, 15) is 4.79 Å². The fourth-order valence-electron chi connectivity index (χ4n) is 3.55. The quantitative estimate of drug-likeness (QED) is 0.564. The average molecular weight is 369 g/mol. The number of hydrogen-bond acceptors (Lipinski definition) is 6. The summed E-state index contributed by atoms with van der Waals surface area (Å²) in [6, 6.07) is 0.422. The van der Waals surface area contributed by atoms with E-state index < -0.39 is 0 Å². The van der Waals surface area contributed by atoms with E-state index in [0.717, 1.165) is 47.6 Å². The molecule has 0 bridgehead atoms. The first-order valence-corrected chi connectivity index (χ1v) is 9.57. The molecule has 0 atom stereocenters. The van der Waals surface area contributed by atoms with E-state index in [1.807, 2.05) is 30.9 Å². The van der Waals surface area contributed by atoms with Gasteiger partial charge >= 0.3 is 0 Å². The predicted molar refractivity (Wildman–Crippen MR) is 101 cm³/mol. The Hall–Kier alpha value is -2.52. The van der Waals surface area contributed by atoms with Gasteiger partial charge in [-0.3, -0.25) is 9.48 Å². The molecule has 1 aliphatic heterocycles. The van der Waals surface area contributed by atoms with Gasteiger partial charge in [-0.1, -0.05) is 11.3 Å². The number of nitrogens with zero attached hydrogens (tertiary/aromatic N) is 5. The molecule has 26 heavy (non-hydrogen) atoms. The third-order valence-electron chi connectivity index (χ3n) is 4.96. The van der Waals surface area contributed by atoms with Crippen molar-refractivity contribution in [2.45, 2.75) is 32.7 Å². The van der Waals surface area contributed by atoms with Gasteiger partial charge in [0, 0.05) is 17.5 Å². The van der Waals surface area contributed by atoms with Crippen molar-refractivity contribution in [2.24, 2.45) is 0 Å². The van der Waals surface area contributed by atoms with E-state index in [2.05, 4.69) is 20.4 Å². The molecule has 9 heteroatoms. The molecule has 0 aromatic carbocycles. The summed E-state index contributed by atoms with van der Waals surface area (Å²) in [5.74, 6) is 0. The summed E-state index contributed by atoms with van der Waals surface area (Å²) in [7, 11) is 0. The lowest BCUT2D eigenvalue weighted by molar-refractivity contribution is 0.345. The summed E-state index contributed by atoms with van der Waals surface area (Å²) in [5, 5.41) is 13.2. The van der Waals surface area contributed by atoms with Crippen LogP contribution in [-0.2, 0) is 0 Å². The third-order valence-corrected chi connectivity index (χ3v) is 5.92. The number of H-pyrrole nitrogens is 1. The van der Waals surface area contributed by atoms with E-state index in [4.69, 9.17) is 5.10 Å². The minimum absolute atomic E-state index is 0.0884. The van der Waals surface area contributed by atoms with E-state index in [0.29, 0.717) is 22.3 Å². The number of hydrogen-bond donors (Lipinski definition) is 2. The standard InChI is InChI=1S/C17H19N7OS/c1-9-7-24-15(19-9)10(2)14(25)13(21-24)17-20-12-8-23(22-16(12)26-17)11-3-5-18-6-4-11/h7-8,11,18-19H,3-6H2,1-2H3. The van der Waals surface area contributed by atoms with Crippen LogP contribution in [0.4, 0.5) is 0 Å². The molecule has 0 saturated carbocycles. The molecule has 0 unspecified atom stereocenters. The largest absolute Gasteiger partial charge is 0.342 e. The van der Waals surface area contributed by atoms with Crippen LogP contribution in [0.1, 0.15) is 30.1 Å². The molecular weight excluding hydrogens is 350 g/mol. The Morgan fingerprint density at radius 3 is 2.77 bits per heavy atom. The SMILES string of the molecule is Cc1cn2nc(-c3nc4cn(C5CCNCC5)nc4s3)c(=O)c(C)c2[nH]1. The minimum atomic E-state index is -0.0884. The second kappa shape index (κ2) is 5.75. The van der Waals surface area contributed by atoms with Crippen molar-refractivity contribution in [1.82, 2.24) is 34.7 Å². The molecule has 0 radical (unpaired) electrons. The lowest BCUT2D eigenvalue weighted by Crippen LogP contribution is -2.29. The fourth-order valence-corrected chi connectivity index (χ4v) is 4.44. The van der Waals surface area contributed by atoms with Crippen LogP contribution in [0.15, 0.2) is 17.2 Å². The molecule has 0 aliphatic carbocycles. The molecule has 0 spiro atoms. The van der Waals surface area contributed by atoms with E-state index in [1.54, 1.807) is 4.52 Å². The van der Waals surface area contributed by atoms with Gasteiger partial charge in [0.2, 0.25) is 5.43 Å². The Balaban J connectivity index is 1.59. The van der Waals surface area contributed by atoms with Gasteiger partial charge in [0.15, 0.2) is 15.5 Å². The van der Waals surface area contributed by atoms with Crippen LogP contribution in [0.2, 0.25) is 0 Å². The number of rotatable bonds is 2. The van der Waals surface area contributed by atoms with Crippen molar-refractivity contribution in [1.29, 1.82) is 0 Å². The Morgan fingerprint density at radius 1 is 1.19 bits per heavy atom. The highest BCUT2D eigenvalue weighted by molar-refractivity contribution is 7.21. The average Bonchev–Trinajstić information content (AvgIpc) is 3.31. The van der Waals surface area contributed by atoms with E-state index in [-0.39, 0.29) is 5.43 Å². The number of nitrogens with one attached hydrogen (secondary N) is 2. The maximum absolute atomic E-state index is 12.7. The molecule has 5 rings (SSSR count). The van der Waals surface area contributed by atoms with Crippen LogP contribution in [0.25, 0.3) is 26.7 Å². The van der Waals surface area contributed by atoms with E-state index >= 15 is 0 Å². The van der Waals surface area contributed by atoms with Crippen LogP contribution in [-0.4, -0.2) is 42.5 Å². The number of aromatic nitrogens is 6. The molecule has 4 aromatic heterocycles. The minimum Gasteiger partial charge on any atom is -0.342 e. The van der Waals surface area contributed by atoms with Crippen LogP contribution in [0, 0.1) is 13.8 Å². The van der Waals surface area contributed by atoms with Gasteiger partial charge in [-0.25, -0.2) is 9.50 Å². The Labute approximate surface area is 152 Å². The molecule has 4 aromatic rings. The first-order valence-electron chi connectivity index (χ1n) is 8.76. The summed E-state index contributed by atoms with van der Waals surface area (Å²) in [5.41, 5.74) is 3.46. The molecule has 8 nitrogen and oxygen atoms in total. The third kappa shape index (κ3) is 2.38. The monoisotopic (exact) mass is 369 g/mol. The molecule has 1 fully saturated rings. The summed E-state index contributed by atoms with van der Waals surface area (Å²) in [4.78, 5) is 21.4. The zero-order valence-electron chi connectivity index (χ0n) is 14.6. The van der Waals surface area contributed by atoms with Crippen molar-refractivity contribution < 1.29 is 0 Å². The van der Waals surface area contributed by atoms with Gasteiger partial charge in [0.25, 0.3) is 0 Å². The van der Waals surface area contributed by atoms with Gasteiger partial charge < -0.3 is 10.3 Å². The Kier molecular flexibility index (Phi) is 3.47. The van der Waals surface area contributed by atoms with Crippen molar-refractivity contribution in [3.63, 3.8) is 0 Å².